The van der Waals surface area contributed by atoms with Crippen molar-refractivity contribution in [2.24, 2.45) is 0 Å². The second-order valence-electron chi connectivity index (χ2n) is 6.48. The monoisotopic (exact) mass is 403 g/mol. The van der Waals surface area contributed by atoms with Crippen LogP contribution in [0.3, 0.4) is 0 Å². The zero-order valence-electron chi connectivity index (χ0n) is 14.6. The van der Waals surface area contributed by atoms with Gasteiger partial charge in [0.15, 0.2) is 0 Å². The summed E-state index contributed by atoms with van der Waals surface area (Å²) in [7, 11) is -2.59. The first-order chi connectivity index (χ1) is 12.8. The number of nitrogens with zero attached hydrogens (tertiary/aromatic N) is 1. The van der Waals surface area contributed by atoms with Crippen molar-refractivity contribution >= 4 is 38.7 Å². The molecule has 0 fully saturated rings. The van der Waals surface area contributed by atoms with E-state index < -0.39 is 26.8 Å². The van der Waals surface area contributed by atoms with Crippen LogP contribution in [0.2, 0.25) is 0 Å². The molecular weight excluding hydrogens is 386 g/mol. The molecule has 2 heterocycles. The summed E-state index contributed by atoms with van der Waals surface area (Å²) in [5.74, 6) is -0.564. The van der Waals surface area contributed by atoms with Crippen molar-refractivity contribution in [1.82, 2.24) is 3.97 Å². The Labute approximate surface area is 160 Å². The number of esters is 1. The van der Waals surface area contributed by atoms with E-state index in [-0.39, 0.29) is 4.90 Å². The lowest BCUT2D eigenvalue weighted by Gasteiger charge is -2.34. The van der Waals surface area contributed by atoms with E-state index in [9.17, 15) is 18.3 Å². The lowest BCUT2D eigenvalue weighted by atomic mass is 9.91. The number of thioether (sulfide) groups is 1. The summed E-state index contributed by atoms with van der Waals surface area (Å²) in [6, 6.07) is 13.3. The second kappa shape index (κ2) is 6.12. The molecule has 6 nitrogen and oxygen atoms in total. The van der Waals surface area contributed by atoms with Crippen LogP contribution in [0.4, 0.5) is 0 Å². The van der Waals surface area contributed by atoms with Gasteiger partial charge in [-0.2, -0.15) is 0 Å². The first-order valence-corrected chi connectivity index (χ1v) is 10.5. The largest absolute Gasteiger partial charge is 0.468 e. The van der Waals surface area contributed by atoms with Gasteiger partial charge in [-0.3, -0.25) is 4.79 Å². The predicted molar refractivity (Wildman–Crippen MR) is 102 cm³/mol. The van der Waals surface area contributed by atoms with Gasteiger partial charge in [0, 0.05) is 22.0 Å². The molecule has 8 heteroatoms. The molecule has 4 rings (SSSR count). The highest BCUT2D eigenvalue weighted by atomic mass is 32.2. The van der Waals surface area contributed by atoms with Crippen molar-refractivity contribution in [2.75, 3.05) is 7.11 Å². The van der Waals surface area contributed by atoms with E-state index >= 15 is 0 Å². The molecule has 2 atom stereocenters. The van der Waals surface area contributed by atoms with Gasteiger partial charge in [-0.15, -0.1) is 11.8 Å². The molecule has 2 aromatic carbocycles. The first kappa shape index (κ1) is 18.1. The molecule has 0 bridgehead atoms. The molecule has 1 aromatic heterocycles. The Bertz CT molecular complexity index is 1150. The maximum absolute atomic E-state index is 13.2. The quantitative estimate of drug-likeness (QED) is 0.677. The van der Waals surface area contributed by atoms with Crippen molar-refractivity contribution in [3.8, 4) is 0 Å². The summed E-state index contributed by atoms with van der Waals surface area (Å²) in [5.41, 5.74) is -0.730. The third kappa shape index (κ3) is 2.59. The van der Waals surface area contributed by atoms with Crippen molar-refractivity contribution in [2.45, 2.75) is 27.6 Å². The minimum atomic E-state index is -3.86. The standard InChI is InChI=1S/C19H17NO5S2/c1-19(22)13-11-20(27(23,24)12-7-4-3-5-8-12)14-9-6-10-15(16(13)14)26-17(19)18(21)25-2/h3-11,17,22H,1-2H3. The number of methoxy groups -OCH3 is 1. The van der Waals surface area contributed by atoms with Crippen LogP contribution in [0.1, 0.15) is 12.5 Å². The third-order valence-corrected chi connectivity index (χ3v) is 7.94. The molecule has 0 saturated carbocycles. The molecular formula is C19H17NO5S2. The molecule has 1 aliphatic heterocycles. The summed E-state index contributed by atoms with van der Waals surface area (Å²) in [5, 5.41) is 10.9. The average Bonchev–Trinajstić information content (AvgIpc) is 3.07. The number of aliphatic hydroxyl groups is 1. The normalized spacial score (nSPS) is 22.0. The lowest BCUT2D eigenvalue weighted by molar-refractivity contribution is -0.144. The van der Waals surface area contributed by atoms with Crippen molar-refractivity contribution in [1.29, 1.82) is 0 Å². The summed E-state index contributed by atoms with van der Waals surface area (Å²) in [6.07, 6.45) is 1.41. The van der Waals surface area contributed by atoms with Gasteiger partial charge in [0.2, 0.25) is 0 Å². The molecule has 0 amide bonds. The van der Waals surface area contributed by atoms with Crippen LogP contribution in [0.5, 0.6) is 0 Å². The predicted octanol–water partition coefficient (Wildman–Crippen LogP) is 2.73. The first-order valence-electron chi connectivity index (χ1n) is 8.20. The van der Waals surface area contributed by atoms with Gasteiger partial charge in [-0.1, -0.05) is 24.3 Å². The Morgan fingerprint density at radius 2 is 1.89 bits per heavy atom. The molecule has 0 radical (unpaired) electrons. The van der Waals surface area contributed by atoms with Gasteiger partial charge in [0.25, 0.3) is 10.0 Å². The Kier molecular flexibility index (Phi) is 4.10. The minimum Gasteiger partial charge on any atom is -0.468 e. The summed E-state index contributed by atoms with van der Waals surface area (Å²) in [4.78, 5) is 13.1. The molecule has 27 heavy (non-hydrogen) atoms. The number of hydrogen-bond acceptors (Lipinski definition) is 6. The van der Waals surface area contributed by atoms with Crippen LogP contribution >= 0.6 is 11.8 Å². The molecule has 1 aliphatic rings. The molecule has 0 saturated heterocycles. The zero-order chi connectivity index (χ0) is 19.4. The van der Waals surface area contributed by atoms with Gasteiger partial charge in [0.1, 0.15) is 10.9 Å². The fourth-order valence-corrected chi connectivity index (χ4v) is 6.06. The number of ether oxygens (including phenoxy) is 1. The van der Waals surface area contributed by atoms with Gasteiger partial charge >= 0.3 is 5.97 Å². The highest BCUT2D eigenvalue weighted by molar-refractivity contribution is 8.01. The number of benzene rings is 2. The summed E-state index contributed by atoms with van der Waals surface area (Å²) < 4.78 is 32.4. The van der Waals surface area contributed by atoms with E-state index in [1.165, 1.54) is 48.1 Å². The van der Waals surface area contributed by atoms with Gasteiger partial charge in [-0.05, 0) is 31.2 Å². The van der Waals surface area contributed by atoms with E-state index in [0.717, 1.165) is 4.90 Å². The SMILES string of the molecule is COC(=O)C1Sc2cccc3c2c(cn3S(=O)(=O)c2ccccc2)C1(C)O. The van der Waals surface area contributed by atoms with Crippen LogP contribution in [-0.4, -0.2) is 35.8 Å². The number of aromatic nitrogens is 1. The van der Waals surface area contributed by atoms with Crippen molar-refractivity contribution in [3.63, 3.8) is 0 Å². The van der Waals surface area contributed by atoms with Gasteiger partial charge < -0.3 is 9.84 Å². The van der Waals surface area contributed by atoms with Crippen molar-refractivity contribution < 1.29 is 23.1 Å². The van der Waals surface area contributed by atoms with Crippen LogP contribution in [0.25, 0.3) is 10.9 Å². The molecule has 1 N–H and O–H groups in total. The van der Waals surface area contributed by atoms with Gasteiger partial charge in [-0.25, -0.2) is 12.4 Å². The number of hydrogen-bond donors (Lipinski definition) is 1. The number of rotatable bonds is 3. The summed E-state index contributed by atoms with van der Waals surface area (Å²) in [6.45, 7) is 1.51. The average molecular weight is 403 g/mol. The van der Waals surface area contributed by atoms with E-state index in [4.69, 9.17) is 4.74 Å². The van der Waals surface area contributed by atoms with Crippen LogP contribution in [0, 0.1) is 0 Å². The van der Waals surface area contributed by atoms with Crippen molar-refractivity contribution in [3.05, 3.63) is 60.3 Å². The maximum Gasteiger partial charge on any atom is 0.322 e. The number of carbonyl (C=O) groups is 1. The Morgan fingerprint density at radius 1 is 1.19 bits per heavy atom. The fourth-order valence-electron chi connectivity index (χ4n) is 3.38. The van der Waals surface area contributed by atoms with E-state index in [0.29, 0.717) is 16.5 Å². The third-order valence-electron chi connectivity index (χ3n) is 4.77. The lowest BCUT2D eigenvalue weighted by Crippen LogP contribution is -2.42. The molecule has 0 aliphatic carbocycles. The van der Waals surface area contributed by atoms with E-state index in [2.05, 4.69) is 0 Å². The minimum absolute atomic E-state index is 0.148. The molecule has 0 spiro atoms. The smallest absolute Gasteiger partial charge is 0.322 e. The summed E-state index contributed by atoms with van der Waals surface area (Å²) >= 11 is 1.18. The second-order valence-corrected chi connectivity index (χ2v) is 9.44. The highest BCUT2D eigenvalue weighted by Crippen LogP contribution is 2.49. The number of carbonyl (C=O) groups excluding carboxylic acids is 1. The molecule has 2 unspecified atom stereocenters. The van der Waals surface area contributed by atoms with Gasteiger partial charge in [0.05, 0.1) is 17.5 Å². The topological polar surface area (TPSA) is 85.6 Å². The Hall–Kier alpha value is -2.29. The van der Waals surface area contributed by atoms with Crippen LogP contribution in [0.15, 0.2) is 64.5 Å². The van der Waals surface area contributed by atoms with E-state index in [1.54, 1.807) is 36.4 Å². The van der Waals surface area contributed by atoms with E-state index in [1.807, 2.05) is 0 Å². The Balaban J connectivity index is 2.00. The fraction of sp³-hybridized carbons (Fsp3) is 0.211. The zero-order valence-corrected chi connectivity index (χ0v) is 16.3. The Morgan fingerprint density at radius 3 is 2.56 bits per heavy atom. The highest BCUT2D eigenvalue weighted by Gasteiger charge is 2.47. The molecule has 3 aromatic rings. The van der Waals surface area contributed by atoms with Crippen LogP contribution in [-0.2, 0) is 25.2 Å². The van der Waals surface area contributed by atoms with Crippen LogP contribution < -0.4 is 0 Å². The maximum atomic E-state index is 13.2. The molecule has 140 valence electrons.